The van der Waals surface area contributed by atoms with Crippen LogP contribution in [-0.4, -0.2) is 25.6 Å². The van der Waals surface area contributed by atoms with Crippen LogP contribution in [0.1, 0.15) is 11.1 Å². The number of benzene rings is 2. The van der Waals surface area contributed by atoms with Crippen molar-refractivity contribution in [2.45, 2.75) is 13.3 Å². The van der Waals surface area contributed by atoms with E-state index in [1.165, 1.54) is 13.2 Å². The van der Waals surface area contributed by atoms with E-state index in [4.69, 9.17) is 32.7 Å². The molecular formula is C18H17Cl2NO4. The van der Waals surface area contributed by atoms with Crippen molar-refractivity contribution in [1.29, 1.82) is 0 Å². The number of esters is 1. The number of halogens is 2. The lowest BCUT2D eigenvalue weighted by Crippen LogP contribution is -2.22. The van der Waals surface area contributed by atoms with Crippen LogP contribution in [-0.2, 0) is 20.7 Å². The summed E-state index contributed by atoms with van der Waals surface area (Å²) in [4.78, 5) is 23.8. The molecule has 0 aromatic heterocycles. The molecule has 1 N–H and O–H groups in total. The summed E-state index contributed by atoms with van der Waals surface area (Å²) >= 11 is 11.8. The fraction of sp³-hybridized carbons (Fsp3) is 0.222. The largest absolute Gasteiger partial charge is 0.496 e. The van der Waals surface area contributed by atoms with Crippen molar-refractivity contribution >= 4 is 40.8 Å². The molecule has 0 fully saturated rings. The summed E-state index contributed by atoms with van der Waals surface area (Å²) < 4.78 is 10.2. The van der Waals surface area contributed by atoms with Gasteiger partial charge in [-0.2, -0.15) is 0 Å². The molecule has 0 atom stereocenters. The second kappa shape index (κ2) is 8.74. The van der Waals surface area contributed by atoms with E-state index in [9.17, 15) is 9.59 Å². The van der Waals surface area contributed by atoms with E-state index in [-0.39, 0.29) is 6.42 Å². The molecule has 1 amide bonds. The average Bonchev–Trinajstić information content (AvgIpc) is 2.56. The van der Waals surface area contributed by atoms with E-state index in [0.29, 0.717) is 27.0 Å². The Hall–Kier alpha value is -2.24. The first-order valence-corrected chi connectivity index (χ1v) is 8.18. The van der Waals surface area contributed by atoms with Crippen LogP contribution in [0.25, 0.3) is 0 Å². The predicted octanol–water partition coefficient (Wildman–Crippen LogP) is 4.03. The van der Waals surface area contributed by atoms with Gasteiger partial charge < -0.3 is 14.8 Å². The predicted molar refractivity (Wildman–Crippen MR) is 97.5 cm³/mol. The van der Waals surface area contributed by atoms with Crippen molar-refractivity contribution < 1.29 is 19.1 Å². The summed E-state index contributed by atoms with van der Waals surface area (Å²) in [5, 5.41) is 3.32. The average molecular weight is 382 g/mol. The van der Waals surface area contributed by atoms with Crippen LogP contribution in [0.2, 0.25) is 10.0 Å². The van der Waals surface area contributed by atoms with Gasteiger partial charge in [0.1, 0.15) is 5.75 Å². The van der Waals surface area contributed by atoms with E-state index in [1.54, 1.807) is 18.2 Å². The number of carbonyl (C=O) groups is 2. The molecule has 0 spiro atoms. The van der Waals surface area contributed by atoms with Crippen LogP contribution in [0, 0.1) is 6.92 Å². The quantitative estimate of drug-likeness (QED) is 0.766. The third-order valence-electron chi connectivity index (χ3n) is 3.34. The number of hydrogen-bond acceptors (Lipinski definition) is 4. The molecule has 2 aromatic carbocycles. The van der Waals surface area contributed by atoms with E-state index >= 15 is 0 Å². The minimum Gasteiger partial charge on any atom is -0.496 e. The van der Waals surface area contributed by atoms with Crippen molar-refractivity contribution in [3.05, 3.63) is 57.6 Å². The number of nitrogens with one attached hydrogen (secondary N) is 1. The Kier molecular flexibility index (Phi) is 6.67. The molecule has 0 aliphatic heterocycles. The van der Waals surface area contributed by atoms with Crippen LogP contribution >= 0.6 is 23.2 Å². The van der Waals surface area contributed by atoms with Gasteiger partial charge in [0.2, 0.25) is 0 Å². The molecule has 132 valence electrons. The van der Waals surface area contributed by atoms with Crippen LogP contribution in [0.4, 0.5) is 5.69 Å². The normalized spacial score (nSPS) is 10.2. The zero-order chi connectivity index (χ0) is 18.4. The van der Waals surface area contributed by atoms with Crippen LogP contribution in [0.15, 0.2) is 36.4 Å². The van der Waals surface area contributed by atoms with Crippen molar-refractivity contribution in [2.24, 2.45) is 0 Å². The Morgan fingerprint density at radius 2 is 1.88 bits per heavy atom. The Morgan fingerprint density at radius 1 is 1.12 bits per heavy atom. The molecule has 0 saturated heterocycles. The first-order chi connectivity index (χ1) is 11.9. The maximum atomic E-state index is 12.0. The van der Waals surface area contributed by atoms with Gasteiger partial charge in [-0.05, 0) is 31.2 Å². The molecule has 7 heteroatoms. The summed E-state index contributed by atoms with van der Waals surface area (Å²) in [6.07, 6.45) is 0.0137. The van der Waals surface area contributed by atoms with E-state index in [0.717, 1.165) is 5.56 Å². The molecule has 0 radical (unpaired) electrons. The molecule has 2 rings (SSSR count). The molecular weight excluding hydrogens is 365 g/mol. The number of amides is 1. The molecule has 0 saturated carbocycles. The number of ether oxygens (including phenoxy) is 2. The number of anilines is 1. The van der Waals surface area contributed by atoms with Crippen molar-refractivity contribution in [2.75, 3.05) is 19.0 Å². The lowest BCUT2D eigenvalue weighted by molar-refractivity contribution is -0.146. The molecule has 0 bridgehead atoms. The molecule has 5 nitrogen and oxygen atoms in total. The number of rotatable bonds is 6. The summed E-state index contributed by atoms with van der Waals surface area (Å²) in [5.74, 6) is -0.421. The zero-order valence-corrected chi connectivity index (χ0v) is 15.3. The van der Waals surface area contributed by atoms with Gasteiger partial charge >= 0.3 is 5.97 Å². The van der Waals surface area contributed by atoms with Gasteiger partial charge in [-0.15, -0.1) is 0 Å². The topological polar surface area (TPSA) is 64.6 Å². The molecule has 0 aliphatic carbocycles. The number of methoxy groups -OCH3 is 1. The number of carbonyl (C=O) groups excluding carboxylic acids is 2. The Bertz CT molecular complexity index is 793. The summed E-state index contributed by atoms with van der Waals surface area (Å²) in [5.41, 5.74) is 2.10. The molecule has 0 aliphatic rings. The third-order valence-corrected chi connectivity index (χ3v) is 3.89. The molecule has 0 heterocycles. The highest BCUT2D eigenvalue weighted by Gasteiger charge is 2.13. The maximum absolute atomic E-state index is 12.0. The van der Waals surface area contributed by atoms with Crippen molar-refractivity contribution in [3.8, 4) is 5.75 Å². The van der Waals surface area contributed by atoms with Crippen LogP contribution in [0.3, 0.4) is 0 Å². The van der Waals surface area contributed by atoms with Gasteiger partial charge in [-0.3, -0.25) is 9.59 Å². The van der Waals surface area contributed by atoms with Gasteiger partial charge in [0, 0.05) is 10.6 Å². The van der Waals surface area contributed by atoms with Gasteiger partial charge in [0.25, 0.3) is 5.91 Å². The standard InChI is InChI=1S/C18H17Cl2NO4/c1-11-3-6-16(24-2)12(7-11)8-18(23)25-10-17(22)21-15-5-4-13(19)9-14(15)20/h3-7,9H,8,10H2,1-2H3,(H,21,22). The smallest absolute Gasteiger partial charge is 0.310 e. The van der Waals surface area contributed by atoms with Crippen LogP contribution < -0.4 is 10.1 Å². The van der Waals surface area contributed by atoms with Gasteiger partial charge in [0.05, 0.1) is 24.2 Å². The SMILES string of the molecule is COc1ccc(C)cc1CC(=O)OCC(=O)Nc1ccc(Cl)cc1Cl. The summed E-state index contributed by atoms with van der Waals surface area (Å²) in [6.45, 7) is 1.50. The first-order valence-electron chi connectivity index (χ1n) is 7.43. The lowest BCUT2D eigenvalue weighted by Gasteiger charge is -2.10. The Labute approximate surface area is 155 Å². The third kappa shape index (κ3) is 5.66. The minimum atomic E-state index is -0.527. The van der Waals surface area contributed by atoms with Crippen LogP contribution in [0.5, 0.6) is 5.75 Å². The second-order valence-electron chi connectivity index (χ2n) is 5.33. The fourth-order valence-corrected chi connectivity index (χ4v) is 2.63. The Balaban J connectivity index is 1.89. The molecule has 25 heavy (non-hydrogen) atoms. The maximum Gasteiger partial charge on any atom is 0.310 e. The van der Waals surface area contributed by atoms with Gasteiger partial charge in [-0.25, -0.2) is 0 Å². The highest BCUT2D eigenvalue weighted by molar-refractivity contribution is 6.36. The van der Waals surface area contributed by atoms with Crippen molar-refractivity contribution in [3.63, 3.8) is 0 Å². The monoisotopic (exact) mass is 381 g/mol. The first kappa shape index (κ1) is 19.1. The summed E-state index contributed by atoms with van der Waals surface area (Å²) in [6, 6.07) is 10.2. The highest BCUT2D eigenvalue weighted by atomic mass is 35.5. The lowest BCUT2D eigenvalue weighted by atomic mass is 10.1. The zero-order valence-electron chi connectivity index (χ0n) is 13.8. The van der Waals surface area contributed by atoms with Gasteiger partial charge in [0.15, 0.2) is 6.61 Å². The van der Waals surface area contributed by atoms with Crippen molar-refractivity contribution in [1.82, 2.24) is 0 Å². The number of aryl methyl sites for hydroxylation is 1. The van der Waals surface area contributed by atoms with Gasteiger partial charge in [-0.1, -0.05) is 40.9 Å². The minimum absolute atomic E-state index is 0.0137. The number of hydrogen-bond donors (Lipinski definition) is 1. The van der Waals surface area contributed by atoms with E-state index < -0.39 is 18.5 Å². The molecule has 0 unspecified atom stereocenters. The van der Waals surface area contributed by atoms with E-state index in [1.807, 2.05) is 19.1 Å². The fourth-order valence-electron chi connectivity index (χ4n) is 2.18. The second-order valence-corrected chi connectivity index (χ2v) is 6.17. The Morgan fingerprint density at radius 3 is 2.56 bits per heavy atom. The molecule has 2 aromatic rings. The van der Waals surface area contributed by atoms with E-state index in [2.05, 4.69) is 5.32 Å². The summed E-state index contributed by atoms with van der Waals surface area (Å²) in [7, 11) is 1.53. The highest BCUT2D eigenvalue weighted by Crippen LogP contribution is 2.25.